The molecule has 1 heterocycles. The van der Waals surface area contributed by atoms with Gasteiger partial charge in [-0.05, 0) is 23.8 Å². The first-order valence-corrected chi connectivity index (χ1v) is 7.17. The summed E-state index contributed by atoms with van der Waals surface area (Å²) in [4.78, 5) is 23.6. The van der Waals surface area contributed by atoms with Crippen LogP contribution in [0.5, 0.6) is 5.75 Å². The van der Waals surface area contributed by atoms with Gasteiger partial charge >= 0.3 is 5.97 Å². The van der Waals surface area contributed by atoms with Gasteiger partial charge in [-0.15, -0.1) is 0 Å². The van der Waals surface area contributed by atoms with E-state index in [0.29, 0.717) is 11.0 Å². The second-order valence-corrected chi connectivity index (χ2v) is 5.14. The Morgan fingerprint density at radius 2 is 1.91 bits per heavy atom. The lowest BCUT2D eigenvalue weighted by molar-refractivity contribution is -0.128. The summed E-state index contributed by atoms with van der Waals surface area (Å²) in [5, 5.41) is 0.338. The first-order valence-electron chi connectivity index (χ1n) is 6.79. The van der Waals surface area contributed by atoms with E-state index in [-0.39, 0.29) is 16.2 Å². The van der Waals surface area contributed by atoms with Gasteiger partial charge < -0.3 is 9.15 Å². The zero-order chi connectivity index (χ0) is 16.2. The smallest absolute Gasteiger partial charge is 0.336 e. The van der Waals surface area contributed by atoms with E-state index in [2.05, 4.69) is 0 Å². The van der Waals surface area contributed by atoms with Crippen LogP contribution >= 0.6 is 11.6 Å². The molecule has 4 nitrogen and oxygen atoms in total. The number of carbonyl (C=O) groups excluding carboxylic acids is 1. The van der Waals surface area contributed by atoms with Gasteiger partial charge in [0.25, 0.3) is 0 Å². The van der Waals surface area contributed by atoms with Gasteiger partial charge in [0, 0.05) is 12.1 Å². The van der Waals surface area contributed by atoms with Crippen molar-refractivity contribution in [3.63, 3.8) is 0 Å². The summed E-state index contributed by atoms with van der Waals surface area (Å²) in [6.07, 6.45) is 4.15. The van der Waals surface area contributed by atoms with Crippen molar-refractivity contribution in [2.45, 2.75) is 0 Å². The summed E-state index contributed by atoms with van der Waals surface area (Å²) in [5.74, 6) is -0.241. The molecule has 0 unspecified atom stereocenters. The highest BCUT2D eigenvalue weighted by Crippen LogP contribution is 2.20. The Bertz CT molecular complexity index is 942. The van der Waals surface area contributed by atoms with Gasteiger partial charge in [0.1, 0.15) is 22.6 Å². The van der Waals surface area contributed by atoms with E-state index >= 15 is 0 Å². The van der Waals surface area contributed by atoms with Crippen LogP contribution in [0.4, 0.5) is 0 Å². The minimum Gasteiger partial charge on any atom is -0.462 e. The predicted molar refractivity (Wildman–Crippen MR) is 88.6 cm³/mol. The number of ether oxygens (including phenoxy) is 1. The molecule has 0 aliphatic carbocycles. The molecule has 23 heavy (non-hydrogen) atoms. The lowest BCUT2D eigenvalue weighted by atomic mass is 10.2. The third-order valence-electron chi connectivity index (χ3n) is 3.13. The SMILES string of the molecule is O=C(C=Cc1ccccc1)Oc1ccc2c(=O)c(Cl)coc2c1. The van der Waals surface area contributed by atoms with Crippen molar-refractivity contribution >= 4 is 34.6 Å². The molecule has 5 heteroatoms. The highest BCUT2D eigenvalue weighted by Gasteiger charge is 2.08. The lowest BCUT2D eigenvalue weighted by Crippen LogP contribution is -2.05. The fraction of sp³-hybridized carbons (Fsp3) is 0. The Morgan fingerprint density at radius 1 is 1.13 bits per heavy atom. The quantitative estimate of drug-likeness (QED) is 0.413. The van der Waals surface area contributed by atoms with Gasteiger partial charge in [-0.3, -0.25) is 4.79 Å². The molecule has 2 aromatic carbocycles. The summed E-state index contributed by atoms with van der Waals surface area (Å²) in [6, 6.07) is 13.9. The van der Waals surface area contributed by atoms with Crippen LogP contribution in [0.3, 0.4) is 0 Å². The van der Waals surface area contributed by atoms with Crippen LogP contribution in [0.2, 0.25) is 5.02 Å². The average molecular weight is 327 g/mol. The van der Waals surface area contributed by atoms with E-state index < -0.39 is 5.97 Å². The summed E-state index contributed by atoms with van der Waals surface area (Å²) in [7, 11) is 0. The maximum Gasteiger partial charge on any atom is 0.336 e. The fourth-order valence-electron chi connectivity index (χ4n) is 2.03. The van der Waals surface area contributed by atoms with Crippen LogP contribution in [-0.2, 0) is 4.79 Å². The lowest BCUT2D eigenvalue weighted by Gasteiger charge is -2.03. The Morgan fingerprint density at radius 3 is 2.70 bits per heavy atom. The Hall–Kier alpha value is -2.85. The molecule has 0 atom stereocenters. The highest BCUT2D eigenvalue weighted by atomic mass is 35.5. The summed E-state index contributed by atoms with van der Waals surface area (Å²) < 4.78 is 10.4. The van der Waals surface area contributed by atoms with E-state index in [1.165, 1.54) is 24.3 Å². The zero-order valence-corrected chi connectivity index (χ0v) is 12.6. The van der Waals surface area contributed by atoms with Crippen LogP contribution in [0, 0.1) is 0 Å². The van der Waals surface area contributed by atoms with Crippen molar-refractivity contribution in [1.29, 1.82) is 0 Å². The Balaban J connectivity index is 1.79. The molecule has 0 N–H and O–H groups in total. The predicted octanol–water partition coefficient (Wildman–Crippen LogP) is 4.07. The Kier molecular flexibility index (Phi) is 4.26. The van der Waals surface area contributed by atoms with E-state index in [9.17, 15) is 9.59 Å². The van der Waals surface area contributed by atoms with Crippen molar-refractivity contribution in [3.8, 4) is 5.75 Å². The minimum absolute atomic E-state index is 0.00744. The van der Waals surface area contributed by atoms with Crippen molar-refractivity contribution in [3.05, 3.63) is 81.7 Å². The average Bonchev–Trinajstić information content (AvgIpc) is 2.57. The summed E-state index contributed by atoms with van der Waals surface area (Å²) >= 11 is 5.71. The third kappa shape index (κ3) is 3.49. The molecule has 0 spiro atoms. The molecule has 0 saturated heterocycles. The zero-order valence-electron chi connectivity index (χ0n) is 11.9. The molecule has 1 aromatic heterocycles. The summed E-state index contributed by atoms with van der Waals surface area (Å²) in [5.41, 5.74) is 0.870. The molecule has 0 aliphatic heterocycles. The first kappa shape index (κ1) is 15.1. The van der Waals surface area contributed by atoms with Crippen molar-refractivity contribution in [1.82, 2.24) is 0 Å². The normalized spacial score (nSPS) is 11.0. The molecule has 0 radical (unpaired) electrons. The van der Waals surface area contributed by atoms with Crippen LogP contribution in [0.25, 0.3) is 17.0 Å². The van der Waals surface area contributed by atoms with Crippen molar-refractivity contribution < 1.29 is 13.9 Å². The maximum atomic E-state index is 11.8. The molecular formula is C18H11ClO4. The van der Waals surface area contributed by atoms with Gasteiger partial charge in [0.05, 0.1) is 5.39 Å². The number of carbonyl (C=O) groups is 1. The molecule has 114 valence electrons. The van der Waals surface area contributed by atoms with E-state index in [1.807, 2.05) is 30.3 Å². The standard InChI is InChI=1S/C18H11ClO4/c19-15-11-22-16-10-13(7-8-14(16)18(15)21)23-17(20)9-6-12-4-2-1-3-5-12/h1-11H. The topological polar surface area (TPSA) is 56.5 Å². The van der Waals surface area contributed by atoms with Crippen molar-refractivity contribution in [2.24, 2.45) is 0 Å². The van der Waals surface area contributed by atoms with Gasteiger partial charge in [0.15, 0.2) is 0 Å². The molecular weight excluding hydrogens is 316 g/mol. The van der Waals surface area contributed by atoms with Crippen LogP contribution < -0.4 is 10.2 Å². The number of fused-ring (bicyclic) bond motifs is 1. The van der Waals surface area contributed by atoms with Crippen LogP contribution in [0.1, 0.15) is 5.56 Å². The largest absolute Gasteiger partial charge is 0.462 e. The first-order chi connectivity index (χ1) is 11.1. The molecule has 0 amide bonds. The number of halogens is 1. The van der Waals surface area contributed by atoms with Gasteiger partial charge in [-0.25, -0.2) is 4.79 Å². The monoisotopic (exact) mass is 326 g/mol. The second-order valence-electron chi connectivity index (χ2n) is 4.74. The van der Waals surface area contributed by atoms with Gasteiger partial charge in [-0.2, -0.15) is 0 Å². The molecule has 0 fully saturated rings. The number of rotatable bonds is 3. The van der Waals surface area contributed by atoms with Crippen LogP contribution in [-0.4, -0.2) is 5.97 Å². The molecule has 3 rings (SSSR count). The van der Waals surface area contributed by atoms with E-state index in [1.54, 1.807) is 6.08 Å². The summed E-state index contributed by atoms with van der Waals surface area (Å²) in [6.45, 7) is 0. The maximum absolute atomic E-state index is 11.8. The van der Waals surface area contributed by atoms with E-state index in [4.69, 9.17) is 20.8 Å². The molecule has 0 bridgehead atoms. The van der Waals surface area contributed by atoms with Crippen molar-refractivity contribution in [2.75, 3.05) is 0 Å². The van der Waals surface area contributed by atoms with Gasteiger partial charge in [0.2, 0.25) is 5.43 Å². The molecule has 3 aromatic rings. The highest BCUT2D eigenvalue weighted by molar-refractivity contribution is 6.30. The second kappa shape index (κ2) is 6.50. The number of benzene rings is 2. The number of hydrogen-bond acceptors (Lipinski definition) is 4. The Labute approximate surface area is 136 Å². The number of esters is 1. The molecule has 0 aliphatic rings. The number of hydrogen-bond donors (Lipinski definition) is 0. The molecule has 0 saturated carbocycles. The third-order valence-corrected chi connectivity index (χ3v) is 3.39. The van der Waals surface area contributed by atoms with Gasteiger partial charge in [-0.1, -0.05) is 41.9 Å². The van der Waals surface area contributed by atoms with E-state index in [0.717, 1.165) is 11.8 Å². The fourth-order valence-corrected chi connectivity index (χ4v) is 2.17. The van der Waals surface area contributed by atoms with Crippen LogP contribution in [0.15, 0.2) is 70.1 Å². The minimum atomic E-state index is -0.524.